The Kier molecular flexibility index (Phi) is 15.1. The summed E-state index contributed by atoms with van der Waals surface area (Å²) in [4.78, 5) is 19.7. The van der Waals surface area contributed by atoms with Crippen LogP contribution >= 0.6 is 0 Å². The van der Waals surface area contributed by atoms with Crippen LogP contribution in [0.2, 0.25) is 0 Å². The number of hydrogen-bond donors (Lipinski definition) is 3. The molecule has 4 aromatic carbocycles. The van der Waals surface area contributed by atoms with Crippen LogP contribution in [0.3, 0.4) is 0 Å². The number of anilines is 2. The van der Waals surface area contributed by atoms with Crippen molar-refractivity contribution in [2.45, 2.75) is 13.1 Å². The number of nitrogens with one attached hydrogen (secondary N) is 3. The number of rotatable bonds is 11. The Morgan fingerprint density at radius 1 is 0.551 bits per heavy atom. The van der Waals surface area contributed by atoms with Crippen molar-refractivity contribution >= 4 is 22.7 Å². The fourth-order valence-electron chi connectivity index (χ4n) is 7.40. The fraction of sp³-hybridized carbons (Fsp3) is 0.0400. The molecule has 0 amide bonds. The zero-order chi connectivity index (χ0) is 46.5. The smallest absolute Gasteiger partial charge is 0.373 e. The summed E-state index contributed by atoms with van der Waals surface area (Å²) in [7, 11) is 0. The number of aromatic amines is 1. The second-order valence-electron chi connectivity index (χ2n) is 14.9. The summed E-state index contributed by atoms with van der Waals surface area (Å²) < 4.78 is 3.69. The molecule has 0 saturated carbocycles. The molecule has 18 nitrogen and oxygen atoms in total. The predicted molar refractivity (Wildman–Crippen MR) is 259 cm³/mol. The molecule has 0 aliphatic carbocycles. The third kappa shape index (κ3) is 11.0. The van der Waals surface area contributed by atoms with E-state index in [1.165, 1.54) is 11.1 Å². The molecule has 0 aliphatic rings. The summed E-state index contributed by atoms with van der Waals surface area (Å²) >= 11 is 0. The summed E-state index contributed by atoms with van der Waals surface area (Å²) in [6.07, 6.45) is 10.5. The van der Waals surface area contributed by atoms with Crippen molar-refractivity contribution in [3.63, 3.8) is 0 Å². The van der Waals surface area contributed by atoms with Crippen LogP contribution in [0.25, 0.3) is 83.4 Å². The summed E-state index contributed by atoms with van der Waals surface area (Å²) in [5, 5.41) is 39.9. The summed E-state index contributed by atoms with van der Waals surface area (Å²) in [6, 6.07) is 50.7. The summed E-state index contributed by atoms with van der Waals surface area (Å²) in [6.45, 7) is 1.26. The van der Waals surface area contributed by atoms with E-state index in [0.29, 0.717) is 41.7 Å². The van der Waals surface area contributed by atoms with Gasteiger partial charge in [-0.1, -0.05) is 121 Å². The average molecular weight is 913 g/mol. The molecule has 0 radical (unpaired) electrons. The van der Waals surface area contributed by atoms with Crippen molar-refractivity contribution in [3.05, 3.63) is 215 Å². The average Bonchev–Trinajstić information content (AvgIpc) is 4.21. The van der Waals surface area contributed by atoms with Crippen LogP contribution in [-0.2, 0) is 13.1 Å². The number of hydrogen-bond acceptors (Lipinski definition) is 12. The molecule has 0 saturated heterocycles. The molecule has 0 atom stereocenters. The topological polar surface area (TPSA) is 247 Å². The number of nitriles is 1. The molecular weight excluding hydrogens is 876 g/mol. The van der Waals surface area contributed by atoms with E-state index in [2.05, 4.69) is 102 Å². The maximum atomic E-state index is 9.23. The molecule has 7 heterocycles. The monoisotopic (exact) mass is 912 g/mol. The number of aromatic nitrogens is 12. The number of tetrazole rings is 1. The Bertz CT molecular complexity index is 3500. The molecule has 19 heteroatoms. The fourth-order valence-corrected chi connectivity index (χ4v) is 7.40. The van der Waals surface area contributed by atoms with Crippen molar-refractivity contribution in [2.24, 2.45) is 0 Å². The molecule has 0 aliphatic heterocycles. The molecule has 0 fully saturated rings. The Labute approximate surface area is 416 Å². The van der Waals surface area contributed by atoms with E-state index >= 15 is 0 Å². The van der Waals surface area contributed by atoms with Gasteiger partial charge in [-0.05, 0) is 51.7 Å². The first kappa shape index (κ1) is 46.4. The Morgan fingerprint density at radius 3 is 1.43 bits per heavy atom. The molecule has 69 heavy (non-hydrogen) atoms. The van der Waals surface area contributed by atoms with Gasteiger partial charge in [0.2, 0.25) is 5.82 Å². The van der Waals surface area contributed by atoms with Crippen LogP contribution in [-0.4, -0.2) is 59.8 Å². The first-order valence-corrected chi connectivity index (χ1v) is 21.1. The van der Waals surface area contributed by atoms with Gasteiger partial charge in [0.25, 0.3) is 0 Å². The first-order chi connectivity index (χ1) is 33.6. The summed E-state index contributed by atoms with van der Waals surface area (Å²) in [5.74, 6) is 2.96. The van der Waals surface area contributed by atoms with Gasteiger partial charge in [-0.2, -0.15) is 10.5 Å². The second kappa shape index (κ2) is 22.4. The Balaban J connectivity index is 0.000000174. The zero-order valence-electron chi connectivity index (χ0n) is 36.9. The van der Waals surface area contributed by atoms with E-state index in [0.717, 1.165) is 67.2 Å². The van der Waals surface area contributed by atoms with Crippen molar-refractivity contribution in [1.82, 2.24) is 59.8 Å². The molecular formula is C50H37N18Na. The minimum atomic E-state index is 0. The van der Waals surface area contributed by atoms with Gasteiger partial charge in [0, 0.05) is 78.1 Å². The van der Waals surface area contributed by atoms with Crippen LogP contribution in [0, 0.1) is 11.3 Å². The normalized spacial score (nSPS) is 10.4. The van der Waals surface area contributed by atoms with Crippen LogP contribution < -0.4 is 40.2 Å². The molecule has 3 N–H and O–H groups in total. The van der Waals surface area contributed by atoms with Crippen LogP contribution in [0.5, 0.6) is 0 Å². The Hall–Kier alpha value is -9.11. The maximum absolute atomic E-state index is 9.23. The predicted octanol–water partition coefficient (Wildman–Crippen LogP) is 7.06. The van der Waals surface area contributed by atoms with Crippen molar-refractivity contribution < 1.29 is 29.6 Å². The molecule has 0 unspecified atom stereocenters. The van der Waals surface area contributed by atoms with Crippen molar-refractivity contribution in [1.29, 1.82) is 5.26 Å². The number of pyridine rings is 2. The van der Waals surface area contributed by atoms with E-state index in [-0.39, 0.29) is 29.6 Å². The number of benzene rings is 4. The van der Waals surface area contributed by atoms with Gasteiger partial charge in [0.05, 0.1) is 5.56 Å². The van der Waals surface area contributed by atoms with Gasteiger partial charge in [-0.25, -0.2) is 19.0 Å². The third-order valence-electron chi connectivity index (χ3n) is 10.5. The molecule has 0 bridgehead atoms. The molecule has 328 valence electrons. The van der Waals surface area contributed by atoms with Gasteiger partial charge in [0.1, 0.15) is 17.1 Å². The van der Waals surface area contributed by atoms with Gasteiger partial charge in [-0.3, -0.25) is 14.9 Å². The maximum Gasteiger partial charge on any atom is 1.00 e. The molecule has 11 rings (SSSR count). The number of H-pyrrole nitrogens is 1. The van der Waals surface area contributed by atoms with Gasteiger partial charge >= 0.3 is 29.6 Å². The SMILES string of the molecule is N#Cc1cncc(-c2nc(NCc3ccccc3)c3c(-c4ccccc4)ccn3n2)c1.[N-]=[N+]=[N-].[Na+].c1ccc(CNc2nc(-c3cncc(-c4nn[nH]n4)c3)nn3ccc(-c4ccccc4)c23)cc1. The minimum absolute atomic E-state index is 0. The van der Waals surface area contributed by atoms with Crippen molar-refractivity contribution in [3.8, 4) is 62.5 Å². The second-order valence-corrected chi connectivity index (χ2v) is 14.9. The number of nitrogens with zero attached hydrogens (tertiary/aromatic N) is 15. The van der Waals surface area contributed by atoms with Crippen LogP contribution in [0.15, 0.2) is 183 Å². The molecule has 7 aromatic heterocycles. The first-order valence-electron chi connectivity index (χ1n) is 21.1. The standard InChI is InChI=1S/C25H19N9.C25H18N6.N3.Na/c1-3-7-17(8-4-1)14-27-25-22-21(18-9-5-2-6-10-18)11-12-34(22)31-23(28-25)19-13-20(16-26-15-19)24-29-32-33-30-24;26-14-19-13-21(17-27-15-19)24-29-25(28-16-18-7-3-1-4-8-18)23-22(11-12-31(23)30-24)20-9-5-2-6-10-20;1-3-2;/h1-13,15-16H,14H2,(H,27,28,31)(H,29,30,32,33);1-13,15,17H,16H2,(H,28,29,30);;/q;;-1;+1. The third-order valence-corrected chi connectivity index (χ3v) is 10.5. The Morgan fingerprint density at radius 2 is 0.986 bits per heavy atom. The number of fused-ring (bicyclic) bond motifs is 2. The van der Waals surface area contributed by atoms with E-state index < -0.39 is 0 Å². The summed E-state index contributed by atoms with van der Waals surface area (Å²) in [5.41, 5.74) is 24.6. The van der Waals surface area contributed by atoms with Gasteiger partial charge in [0.15, 0.2) is 23.3 Å². The van der Waals surface area contributed by atoms with Gasteiger partial charge < -0.3 is 21.7 Å². The van der Waals surface area contributed by atoms with Gasteiger partial charge in [-0.15, -0.1) is 20.4 Å². The van der Waals surface area contributed by atoms with Crippen molar-refractivity contribution in [2.75, 3.05) is 10.6 Å². The molecule has 0 spiro atoms. The van der Waals surface area contributed by atoms with E-state index in [1.54, 1.807) is 24.7 Å². The zero-order valence-corrected chi connectivity index (χ0v) is 38.9. The largest absolute Gasteiger partial charge is 1.00 e. The van der Waals surface area contributed by atoms with Crippen LogP contribution in [0.1, 0.15) is 16.7 Å². The molecule has 11 aromatic rings. The minimum Gasteiger partial charge on any atom is -0.373 e. The van der Waals surface area contributed by atoms with Crippen LogP contribution in [0.4, 0.5) is 11.6 Å². The van der Waals surface area contributed by atoms with E-state index in [4.69, 9.17) is 31.2 Å². The van der Waals surface area contributed by atoms with E-state index in [9.17, 15) is 5.26 Å². The quantitative estimate of drug-likeness (QED) is 0.0511. The van der Waals surface area contributed by atoms with E-state index in [1.807, 2.05) is 106 Å².